The largest absolute Gasteiger partial charge is 0.494 e. The lowest BCUT2D eigenvalue weighted by Crippen LogP contribution is -2.12. The van der Waals surface area contributed by atoms with Crippen LogP contribution in [0.2, 0.25) is 0 Å². The van der Waals surface area contributed by atoms with E-state index < -0.39 is 0 Å². The van der Waals surface area contributed by atoms with Gasteiger partial charge in [0.1, 0.15) is 11.5 Å². The third-order valence-electron chi connectivity index (χ3n) is 14.2. The van der Waals surface area contributed by atoms with Crippen molar-refractivity contribution in [3.8, 4) is 22.6 Å². The summed E-state index contributed by atoms with van der Waals surface area (Å²) in [6.45, 7) is 5.26. The molecule has 78 heavy (non-hydrogen) atoms. The van der Waals surface area contributed by atoms with Gasteiger partial charge in [-0.1, -0.05) is 133 Å². The summed E-state index contributed by atoms with van der Waals surface area (Å²) in [6, 6.07) is 104. The molecule has 6 nitrogen and oxygen atoms in total. The van der Waals surface area contributed by atoms with Crippen LogP contribution in [0.15, 0.2) is 291 Å². The zero-order chi connectivity index (χ0) is 52.6. The second-order valence-corrected chi connectivity index (χ2v) is 19.0. The first-order chi connectivity index (χ1) is 38.6. The van der Waals surface area contributed by atoms with Crippen LogP contribution in [0.4, 0.5) is 68.2 Å². The first-order valence-corrected chi connectivity index (χ1v) is 26.7. The Hall–Kier alpha value is -10.0. The minimum Gasteiger partial charge on any atom is -0.494 e. The number of fused-ring (bicyclic) bond motifs is 2. The predicted octanol–water partition coefficient (Wildman–Crippen LogP) is 20.3. The zero-order valence-corrected chi connectivity index (χ0v) is 43.7. The van der Waals surface area contributed by atoms with Gasteiger partial charge in [0.2, 0.25) is 0 Å². The Morgan fingerprint density at radius 1 is 0.231 bits per heavy atom. The average Bonchev–Trinajstić information content (AvgIpc) is 3.52. The fourth-order valence-electron chi connectivity index (χ4n) is 10.5. The fourth-order valence-corrected chi connectivity index (χ4v) is 10.5. The number of benzene rings is 12. The molecule has 0 atom stereocenters. The summed E-state index contributed by atoms with van der Waals surface area (Å²) >= 11 is 0. The summed E-state index contributed by atoms with van der Waals surface area (Å²) in [5, 5.41) is 4.72. The van der Waals surface area contributed by atoms with Crippen molar-refractivity contribution in [1.29, 1.82) is 0 Å². The second-order valence-electron chi connectivity index (χ2n) is 19.0. The summed E-state index contributed by atoms with van der Waals surface area (Å²) in [5.74, 6) is 1.71. The van der Waals surface area contributed by atoms with E-state index in [-0.39, 0.29) is 0 Å². The van der Waals surface area contributed by atoms with Crippen LogP contribution in [-0.2, 0) is 0 Å². The van der Waals surface area contributed by atoms with E-state index in [1.54, 1.807) is 0 Å². The molecule has 0 aliphatic carbocycles. The molecular formula is C72H58N4O2. The van der Waals surface area contributed by atoms with Gasteiger partial charge in [-0.2, -0.15) is 0 Å². The maximum atomic E-state index is 5.80. The summed E-state index contributed by atoms with van der Waals surface area (Å²) in [5.41, 5.74) is 15.1. The van der Waals surface area contributed by atoms with Crippen LogP contribution in [0.25, 0.3) is 32.7 Å². The molecule has 0 unspecified atom stereocenters. The van der Waals surface area contributed by atoms with Gasteiger partial charge in [0.15, 0.2) is 0 Å². The highest BCUT2D eigenvalue weighted by molar-refractivity contribution is 6.01. The molecule has 0 saturated heterocycles. The van der Waals surface area contributed by atoms with E-state index in [0.29, 0.717) is 13.2 Å². The van der Waals surface area contributed by atoms with Crippen LogP contribution >= 0.6 is 0 Å². The van der Waals surface area contributed by atoms with E-state index in [9.17, 15) is 0 Å². The lowest BCUT2D eigenvalue weighted by atomic mass is 10.0. The van der Waals surface area contributed by atoms with Gasteiger partial charge < -0.3 is 29.1 Å². The Labute approximate surface area is 457 Å². The molecule has 0 fully saturated rings. The number of ether oxygens (including phenoxy) is 2. The molecule has 0 saturated carbocycles. The number of anilines is 12. The summed E-state index contributed by atoms with van der Waals surface area (Å²) in [7, 11) is 0. The van der Waals surface area contributed by atoms with Gasteiger partial charge in [-0.15, -0.1) is 0 Å². The van der Waals surface area contributed by atoms with Gasteiger partial charge >= 0.3 is 0 Å². The number of nitrogens with zero attached hydrogens (tertiary/aromatic N) is 4. The van der Waals surface area contributed by atoms with Crippen molar-refractivity contribution in [3.05, 3.63) is 291 Å². The smallest absolute Gasteiger partial charge is 0.119 e. The maximum Gasteiger partial charge on any atom is 0.119 e. The van der Waals surface area contributed by atoms with E-state index in [1.165, 1.54) is 21.5 Å². The van der Waals surface area contributed by atoms with Gasteiger partial charge in [-0.05, 0) is 193 Å². The highest BCUT2D eigenvalue weighted by atomic mass is 16.5. The van der Waals surface area contributed by atoms with E-state index in [2.05, 4.69) is 287 Å². The highest BCUT2D eigenvalue weighted by Gasteiger charge is 2.21. The molecule has 0 aliphatic rings. The first kappa shape index (κ1) is 48.9. The monoisotopic (exact) mass is 1010 g/mol. The lowest BCUT2D eigenvalue weighted by Gasteiger charge is -2.29. The second kappa shape index (κ2) is 22.4. The molecule has 0 heterocycles. The van der Waals surface area contributed by atoms with E-state index in [1.807, 2.05) is 38.1 Å². The van der Waals surface area contributed by atoms with Crippen LogP contribution < -0.4 is 29.1 Å². The Balaban J connectivity index is 0.880. The standard InChI is InChI=1S/C72H58N4O2/c1-3-77-67-49-45-61(46-50-67)73(57-21-7-5-8-22-57)59-37-41-65(42-38-59)75(71-27-15-19-55-17-11-13-25-69(55)71)63-33-29-53(30-34-63)54-31-35-64(36-32-54)76(72-28-16-20-56-18-12-14-26-70(56)72)66-43-39-60(40-44-66)74(58-23-9-6-10-24-58)62-47-51-68(52-48-62)78-4-2/h5-52H,3-4H2,1-2H3. The summed E-state index contributed by atoms with van der Waals surface area (Å²) in [6.07, 6.45) is 0. The molecule has 0 aromatic heterocycles. The Morgan fingerprint density at radius 3 is 0.821 bits per heavy atom. The fraction of sp³-hybridized carbons (Fsp3) is 0.0556. The molecule has 12 rings (SSSR count). The summed E-state index contributed by atoms with van der Waals surface area (Å²) in [4.78, 5) is 9.30. The Kier molecular flexibility index (Phi) is 14.1. The molecule has 0 radical (unpaired) electrons. The van der Waals surface area contributed by atoms with Crippen LogP contribution in [0.1, 0.15) is 13.8 Å². The minimum absolute atomic E-state index is 0.624. The van der Waals surface area contributed by atoms with Gasteiger partial charge in [0, 0.05) is 67.6 Å². The number of hydrogen-bond donors (Lipinski definition) is 0. The van der Waals surface area contributed by atoms with E-state index in [4.69, 9.17) is 9.47 Å². The molecule has 0 bridgehead atoms. The Bertz CT molecular complexity index is 3640. The van der Waals surface area contributed by atoms with E-state index >= 15 is 0 Å². The molecule has 0 spiro atoms. The quantitative estimate of drug-likeness (QED) is 0.0904. The van der Waals surface area contributed by atoms with Crippen molar-refractivity contribution in [2.24, 2.45) is 0 Å². The first-order valence-electron chi connectivity index (χ1n) is 26.7. The third kappa shape index (κ3) is 10.1. The molecule has 12 aromatic rings. The van der Waals surface area contributed by atoms with Crippen molar-refractivity contribution < 1.29 is 9.47 Å². The van der Waals surface area contributed by atoms with Crippen molar-refractivity contribution in [1.82, 2.24) is 0 Å². The van der Waals surface area contributed by atoms with E-state index in [0.717, 1.165) is 90.9 Å². The summed E-state index contributed by atoms with van der Waals surface area (Å²) < 4.78 is 11.6. The molecule has 12 aromatic carbocycles. The van der Waals surface area contributed by atoms with Gasteiger partial charge in [-0.25, -0.2) is 0 Å². The van der Waals surface area contributed by atoms with Crippen LogP contribution in [-0.4, -0.2) is 13.2 Å². The molecule has 378 valence electrons. The van der Waals surface area contributed by atoms with Crippen LogP contribution in [0, 0.1) is 0 Å². The predicted molar refractivity (Wildman–Crippen MR) is 328 cm³/mol. The van der Waals surface area contributed by atoms with Crippen molar-refractivity contribution in [3.63, 3.8) is 0 Å². The lowest BCUT2D eigenvalue weighted by molar-refractivity contribution is 0.340. The van der Waals surface area contributed by atoms with Crippen LogP contribution in [0.3, 0.4) is 0 Å². The van der Waals surface area contributed by atoms with Crippen molar-refractivity contribution in [2.75, 3.05) is 32.8 Å². The van der Waals surface area contributed by atoms with Crippen molar-refractivity contribution >= 4 is 89.8 Å². The topological polar surface area (TPSA) is 31.4 Å². The molecular weight excluding hydrogens is 953 g/mol. The third-order valence-corrected chi connectivity index (χ3v) is 14.2. The molecule has 0 N–H and O–H groups in total. The van der Waals surface area contributed by atoms with Gasteiger partial charge in [-0.3, -0.25) is 0 Å². The van der Waals surface area contributed by atoms with Gasteiger partial charge in [0.05, 0.1) is 24.6 Å². The maximum absolute atomic E-state index is 5.80. The number of hydrogen-bond acceptors (Lipinski definition) is 6. The minimum atomic E-state index is 0.624. The Morgan fingerprint density at radius 2 is 0.487 bits per heavy atom. The van der Waals surface area contributed by atoms with Gasteiger partial charge in [0.25, 0.3) is 0 Å². The normalized spacial score (nSPS) is 11.1. The molecule has 0 amide bonds. The van der Waals surface area contributed by atoms with Crippen molar-refractivity contribution in [2.45, 2.75) is 13.8 Å². The number of rotatable bonds is 17. The number of para-hydroxylation sites is 2. The average molecular weight is 1010 g/mol. The molecule has 0 aliphatic heterocycles. The zero-order valence-electron chi connectivity index (χ0n) is 43.7. The molecule has 6 heteroatoms. The highest BCUT2D eigenvalue weighted by Crippen LogP contribution is 2.45. The van der Waals surface area contributed by atoms with Crippen LogP contribution in [0.5, 0.6) is 11.5 Å². The SMILES string of the molecule is CCOc1ccc(N(c2ccccc2)c2ccc(N(c3ccc(-c4ccc(N(c5ccc(N(c6ccccc6)c6ccc(OCC)cc6)cc5)c5cccc6ccccc56)cc4)cc3)c3cccc4ccccc34)cc2)cc1.